The molecule has 2 rings (SSSR count). The number of rotatable bonds is 6. The number of benzene rings is 1. The second-order valence-electron chi connectivity index (χ2n) is 8.84. The minimum atomic E-state index is -0.478. The topological polar surface area (TPSA) is 95.1 Å². The fraction of sp³-hybridized carbons (Fsp3) is 0.609. The maximum absolute atomic E-state index is 12.3. The van der Waals surface area contributed by atoms with Crippen LogP contribution >= 0.6 is 0 Å². The van der Waals surface area contributed by atoms with Crippen LogP contribution in [0.15, 0.2) is 29.3 Å². The van der Waals surface area contributed by atoms with Crippen LogP contribution in [0.4, 0.5) is 4.79 Å². The minimum Gasteiger partial charge on any atom is -0.444 e. The summed E-state index contributed by atoms with van der Waals surface area (Å²) in [5.74, 6) is 1.00. The van der Waals surface area contributed by atoms with E-state index < -0.39 is 5.60 Å². The van der Waals surface area contributed by atoms with Gasteiger partial charge in [0.25, 0.3) is 5.91 Å². The molecular weight excluding hydrogens is 394 g/mol. The Morgan fingerprint density at radius 2 is 2.03 bits per heavy atom. The van der Waals surface area contributed by atoms with Crippen molar-refractivity contribution in [2.45, 2.75) is 45.6 Å². The van der Waals surface area contributed by atoms with Crippen molar-refractivity contribution in [1.29, 1.82) is 0 Å². The first-order valence-corrected chi connectivity index (χ1v) is 11.0. The Bertz CT molecular complexity index is 773. The normalized spacial score (nSPS) is 17.1. The van der Waals surface area contributed by atoms with Crippen molar-refractivity contribution < 1.29 is 14.3 Å². The van der Waals surface area contributed by atoms with Crippen LogP contribution < -0.4 is 16.0 Å². The number of aliphatic imine (C=N–C) groups is 1. The highest BCUT2D eigenvalue weighted by Gasteiger charge is 2.27. The zero-order valence-corrected chi connectivity index (χ0v) is 19.5. The predicted molar refractivity (Wildman–Crippen MR) is 123 cm³/mol. The monoisotopic (exact) mass is 431 g/mol. The molecule has 1 fully saturated rings. The van der Waals surface area contributed by atoms with Crippen LogP contribution in [0.5, 0.6) is 0 Å². The molecule has 1 aromatic carbocycles. The molecule has 0 saturated carbocycles. The molecule has 1 aromatic rings. The van der Waals surface area contributed by atoms with Gasteiger partial charge in [-0.25, -0.2) is 4.79 Å². The van der Waals surface area contributed by atoms with Gasteiger partial charge in [-0.15, -0.1) is 0 Å². The Balaban J connectivity index is 1.77. The number of ether oxygens (including phenoxy) is 1. The fourth-order valence-electron chi connectivity index (χ4n) is 3.52. The first-order chi connectivity index (χ1) is 14.7. The second-order valence-corrected chi connectivity index (χ2v) is 8.84. The number of guanidine groups is 1. The van der Waals surface area contributed by atoms with Crippen molar-refractivity contribution in [3.8, 4) is 0 Å². The smallest absolute Gasteiger partial charge is 0.410 e. The Morgan fingerprint density at radius 3 is 2.71 bits per heavy atom. The van der Waals surface area contributed by atoms with Gasteiger partial charge in [-0.2, -0.15) is 0 Å². The number of hydrogen-bond acceptors (Lipinski definition) is 4. The number of hydrogen-bond donors (Lipinski definition) is 3. The molecule has 2 amide bonds. The second kappa shape index (κ2) is 11.6. The molecule has 1 heterocycles. The fourth-order valence-corrected chi connectivity index (χ4v) is 3.52. The molecule has 1 saturated heterocycles. The molecule has 172 valence electrons. The van der Waals surface area contributed by atoms with Crippen LogP contribution in [0.25, 0.3) is 0 Å². The predicted octanol–water partition coefficient (Wildman–Crippen LogP) is 2.40. The molecule has 0 bridgehead atoms. The van der Waals surface area contributed by atoms with Gasteiger partial charge in [-0.1, -0.05) is 12.1 Å². The summed E-state index contributed by atoms with van der Waals surface area (Å²) in [5.41, 5.74) is 1.27. The Hall–Kier alpha value is -2.77. The summed E-state index contributed by atoms with van der Waals surface area (Å²) in [4.78, 5) is 30.2. The van der Waals surface area contributed by atoms with Crippen LogP contribution in [0.2, 0.25) is 0 Å². The average Bonchev–Trinajstić information content (AvgIpc) is 2.74. The van der Waals surface area contributed by atoms with E-state index in [1.54, 1.807) is 25.1 Å². The van der Waals surface area contributed by atoms with E-state index in [9.17, 15) is 9.59 Å². The molecule has 31 heavy (non-hydrogen) atoms. The number of carbonyl (C=O) groups is 2. The molecule has 0 aliphatic carbocycles. The minimum absolute atomic E-state index is 0.0832. The Morgan fingerprint density at radius 1 is 1.26 bits per heavy atom. The van der Waals surface area contributed by atoms with Gasteiger partial charge >= 0.3 is 6.09 Å². The van der Waals surface area contributed by atoms with E-state index in [0.29, 0.717) is 24.6 Å². The lowest BCUT2D eigenvalue weighted by molar-refractivity contribution is 0.0168. The summed E-state index contributed by atoms with van der Waals surface area (Å²) < 4.78 is 5.50. The van der Waals surface area contributed by atoms with E-state index in [4.69, 9.17) is 4.74 Å². The van der Waals surface area contributed by atoms with E-state index in [-0.39, 0.29) is 12.0 Å². The van der Waals surface area contributed by atoms with E-state index in [1.165, 1.54) is 0 Å². The lowest BCUT2D eigenvalue weighted by atomic mass is 9.98. The molecule has 0 aromatic heterocycles. The lowest BCUT2D eigenvalue weighted by Gasteiger charge is -2.34. The third-order valence-corrected chi connectivity index (χ3v) is 5.07. The first kappa shape index (κ1) is 24.5. The number of nitrogens with one attached hydrogen (secondary N) is 3. The highest BCUT2D eigenvalue weighted by Crippen LogP contribution is 2.18. The summed E-state index contributed by atoms with van der Waals surface area (Å²) in [6.07, 6.45) is 2.58. The molecule has 1 unspecified atom stereocenters. The van der Waals surface area contributed by atoms with Crippen molar-refractivity contribution in [3.63, 3.8) is 0 Å². The zero-order chi connectivity index (χ0) is 22.9. The molecular formula is C23H37N5O3. The summed E-state index contributed by atoms with van der Waals surface area (Å²) in [5, 5.41) is 9.33. The number of amides is 2. The zero-order valence-electron chi connectivity index (χ0n) is 19.5. The van der Waals surface area contributed by atoms with Crippen molar-refractivity contribution >= 4 is 18.0 Å². The summed E-state index contributed by atoms with van der Waals surface area (Å²) in [6, 6.07) is 7.62. The van der Waals surface area contributed by atoms with E-state index in [2.05, 4.69) is 20.9 Å². The standard InChI is InChI=1S/C23H37N5O3/c1-23(2,3)31-22(30)28-13-7-9-18(16-28)15-27-21(25-5)26-12-11-17-8-6-10-19(14-17)20(29)24-4/h6,8,10,14,18H,7,9,11-13,15-16H2,1-5H3,(H,24,29)(H2,25,26,27). The van der Waals surface area contributed by atoms with Gasteiger partial charge in [0, 0.05) is 45.8 Å². The van der Waals surface area contributed by atoms with Crippen LogP contribution in [-0.4, -0.2) is 68.7 Å². The van der Waals surface area contributed by atoms with Gasteiger partial charge in [0.2, 0.25) is 0 Å². The van der Waals surface area contributed by atoms with E-state index >= 15 is 0 Å². The van der Waals surface area contributed by atoms with Gasteiger partial charge in [-0.3, -0.25) is 9.79 Å². The largest absolute Gasteiger partial charge is 0.444 e. The maximum atomic E-state index is 12.3. The van der Waals surface area contributed by atoms with Gasteiger partial charge in [0.1, 0.15) is 5.60 Å². The summed E-state index contributed by atoms with van der Waals surface area (Å²) >= 11 is 0. The SMILES string of the molecule is CN=C(NCCc1cccc(C(=O)NC)c1)NCC1CCCN(C(=O)OC(C)(C)C)C1. The van der Waals surface area contributed by atoms with Crippen LogP contribution in [0.1, 0.15) is 49.5 Å². The molecule has 0 radical (unpaired) electrons. The highest BCUT2D eigenvalue weighted by atomic mass is 16.6. The molecule has 1 aliphatic heterocycles. The van der Waals surface area contributed by atoms with E-state index in [1.807, 2.05) is 39.0 Å². The van der Waals surface area contributed by atoms with Crippen molar-refractivity contribution in [1.82, 2.24) is 20.9 Å². The van der Waals surface area contributed by atoms with Crippen LogP contribution in [-0.2, 0) is 11.2 Å². The van der Waals surface area contributed by atoms with Gasteiger partial charge in [0.05, 0.1) is 0 Å². The first-order valence-electron chi connectivity index (χ1n) is 11.0. The lowest BCUT2D eigenvalue weighted by Crippen LogP contribution is -2.47. The third-order valence-electron chi connectivity index (χ3n) is 5.07. The molecule has 0 spiro atoms. The third kappa shape index (κ3) is 8.47. The molecule has 8 nitrogen and oxygen atoms in total. The molecule has 1 atom stereocenters. The number of piperidine rings is 1. The van der Waals surface area contributed by atoms with Crippen molar-refractivity contribution in [3.05, 3.63) is 35.4 Å². The number of nitrogens with zero attached hydrogens (tertiary/aromatic N) is 2. The van der Waals surface area contributed by atoms with E-state index in [0.717, 1.165) is 43.9 Å². The maximum Gasteiger partial charge on any atom is 0.410 e. The number of carbonyl (C=O) groups excluding carboxylic acids is 2. The average molecular weight is 432 g/mol. The molecule has 1 aliphatic rings. The summed E-state index contributed by atoms with van der Waals surface area (Å²) in [7, 11) is 3.38. The summed E-state index contributed by atoms with van der Waals surface area (Å²) in [6.45, 7) is 8.53. The van der Waals surface area contributed by atoms with Gasteiger partial charge in [0.15, 0.2) is 5.96 Å². The van der Waals surface area contributed by atoms with Gasteiger partial charge in [-0.05, 0) is 63.6 Å². The Kier molecular flexibility index (Phi) is 9.15. The van der Waals surface area contributed by atoms with Crippen LogP contribution in [0, 0.1) is 5.92 Å². The van der Waals surface area contributed by atoms with Crippen molar-refractivity contribution in [2.24, 2.45) is 10.9 Å². The van der Waals surface area contributed by atoms with Crippen LogP contribution in [0.3, 0.4) is 0 Å². The Labute approximate surface area is 185 Å². The molecule has 8 heteroatoms. The van der Waals surface area contributed by atoms with Crippen molar-refractivity contribution in [2.75, 3.05) is 40.3 Å². The number of likely N-dealkylation sites (tertiary alicyclic amines) is 1. The van der Waals surface area contributed by atoms with Gasteiger partial charge < -0.3 is 25.6 Å². The quantitative estimate of drug-likeness (QED) is 0.475. The highest BCUT2D eigenvalue weighted by molar-refractivity contribution is 5.94. The molecule has 3 N–H and O–H groups in total.